The summed E-state index contributed by atoms with van der Waals surface area (Å²) in [7, 11) is 4.04. The van der Waals surface area contributed by atoms with Gasteiger partial charge in [0.1, 0.15) is 10.1 Å². The van der Waals surface area contributed by atoms with E-state index in [9.17, 15) is 0 Å². The molecule has 1 unspecified atom stereocenters. The van der Waals surface area contributed by atoms with Gasteiger partial charge in [-0.2, -0.15) is 0 Å². The Morgan fingerprint density at radius 2 is 1.80 bits per heavy atom. The number of allylic oxidation sites excluding steroid dienone is 1. The Hall–Kier alpha value is -2.53. The second-order valence-electron chi connectivity index (χ2n) is 8.11. The molecule has 0 fully saturated rings. The van der Waals surface area contributed by atoms with Crippen molar-refractivity contribution in [2.24, 2.45) is 4.99 Å². The van der Waals surface area contributed by atoms with E-state index in [0.717, 1.165) is 39.0 Å². The van der Waals surface area contributed by atoms with Gasteiger partial charge in [0, 0.05) is 37.6 Å². The highest BCUT2D eigenvalue weighted by molar-refractivity contribution is 8.03. The summed E-state index contributed by atoms with van der Waals surface area (Å²) in [6.07, 6.45) is 2.80. The average Bonchev–Trinajstić information content (AvgIpc) is 2.69. The second kappa shape index (κ2) is 11.0. The monoisotopic (exact) mass is 422 g/mol. The molecule has 0 saturated carbocycles. The van der Waals surface area contributed by atoms with Crippen LogP contribution in [0.15, 0.2) is 69.9 Å². The minimum Gasteiger partial charge on any atom is -0.387 e. The first-order chi connectivity index (χ1) is 14.2. The number of benzene rings is 1. The van der Waals surface area contributed by atoms with E-state index in [1.807, 2.05) is 33.3 Å². The number of thioether (sulfide) groups is 1. The molecule has 0 radical (unpaired) electrons. The SMILES string of the molecule is C=N/C(=C(/Sc1ccc(C)cn1)N(C)C)c1ccc(C(C)CC(=C)NC(C)C)cc1. The molecule has 2 rings (SSSR count). The van der Waals surface area contributed by atoms with Gasteiger partial charge in [0.15, 0.2) is 0 Å². The van der Waals surface area contributed by atoms with Gasteiger partial charge in [0.2, 0.25) is 0 Å². The van der Waals surface area contributed by atoms with Crippen LogP contribution in [0.3, 0.4) is 0 Å². The maximum Gasteiger partial charge on any atom is 0.103 e. The Balaban J connectivity index is 2.26. The molecule has 0 aliphatic heterocycles. The summed E-state index contributed by atoms with van der Waals surface area (Å²) in [4.78, 5) is 11.0. The highest BCUT2D eigenvalue weighted by Gasteiger charge is 2.14. The van der Waals surface area contributed by atoms with E-state index in [2.05, 4.69) is 84.6 Å². The molecular formula is C25H34N4S. The summed E-state index contributed by atoms with van der Waals surface area (Å²) in [5.74, 6) is 0.390. The van der Waals surface area contributed by atoms with Crippen molar-refractivity contribution in [2.45, 2.75) is 51.1 Å². The van der Waals surface area contributed by atoms with E-state index in [4.69, 9.17) is 0 Å². The molecule has 2 aromatic rings. The number of nitrogens with one attached hydrogen (secondary N) is 1. The highest BCUT2D eigenvalue weighted by atomic mass is 32.2. The van der Waals surface area contributed by atoms with Crippen LogP contribution in [0.5, 0.6) is 0 Å². The lowest BCUT2D eigenvalue weighted by Crippen LogP contribution is -2.22. The maximum atomic E-state index is 4.52. The number of aryl methyl sites for hydroxylation is 1. The Labute approximate surface area is 186 Å². The molecular weight excluding hydrogens is 388 g/mol. The van der Waals surface area contributed by atoms with Crippen molar-refractivity contribution in [3.05, 3.63) is 76.6 Å². The summed E-state index contributed by atoms with van der Waals surface area (Å²) in [5.41, 5.74) is 5.41. The molecule has 1 atom stereocenters. The van der Waals surface area contributed by atoms with Gasteiger partial charge in [-0.3, -0.25) is 4.99 Å². The molecule has 1 aromatic heterocycles. The van der Waals surface area contributed by atoms with E-state index in [1.165, 1.54) is 5.56 Å². The number of hydrogen-bond donors (Lipinski definition) is 1. The molecule has 4 nitrogen and oxygen atoms in total. The van der Waals surface area contributed by atoms with Crippen LogP contribution < -0.4 is 5.32 Å². The summed E-state index contributed by atoms with van der Waals surface area (Å²) in [6.45, 7) is 16.5. The van der Waals surface area contributed by atoms with Crippen LogP contribution in [-0.4, -0.2) is 36.7 Å². The first kappa shape index (κ1) is 23.7. The van der Waals surface area contributed by atoms with Gasteiger partial charge in [0.05, 0.1) is 5.70 Å². The van der Waals surface area contributed by atoms with E-state index in [-0.39, 0.29) is 0 Å². The van der Waals surface area contributed by atoms with Gasteiger partial charge >= 0.3 is 0 Å². The van der Waals surface area contributed by atoms with Gasteiger partial charge in [-0.15, -0.1) is 0 Å². The van der Waals surface area contributed by atoms with Crippen LogP contribution in [0.1, 0.15) is 49.8 Å². The summed E-state index contributed by atoms with van der Waals surface area (Å²) < 4.78 is 0. The Morgan fingerprint density at radius 1 is 1.13 bits per heavy atom. The molecule has 0 aliphatic carbocycles. The number of rotatable bonds is 10. The third-order valence-electron chi connectivity index (χ3n) is 4.65. The summed E-state index contributed by atoms with van der Waals surface area (Å²) in [5, 5.41) is 5.34. The molecule has 0 aliphatic rings. The topological polar surface area (TPSA) is 40.5 Å². The highest BCUT2D eigenvalue weighted by Crippen LogP contribution is 2.34. The van der Waals surface area contributed by atoms with Crippen molar-refractivity contribution in [1.29, 1.82) is 0 Å². The minimum atomic E-state index is 0.390. The number of nitrogens with zero attached hydrogens (tertiary/aromatic N) is 3. The van der Waals surface area contributed by atoms with Crippen LogP contribution in [-0.2, 0) is 0 Å². The van der Waals surface area contributed by atoms with Gasteiger partial charge in [-0.1, -0.05) is 55.6 Å². The van der Waals surface area contributed by atoms with Crippen molar-refractivity contribution >= 4 is 24.2 Å². The van der Waals surface area contributed by atoms with Crippen LogP contribution in [0.2, 0.25) is 0 Å². The molecule has 5 heteroatoms. The lowest BCUT2D eigenvalue weighted by atomic mass is 9.95. The van der Waals surface area contributed by atoms with Crippen LogP contribution in [0.25, 0.3) is 5.70 Å². The van der Waals surface area contributed by atoms with Crippen LogP contribution in [0, 0.1) is 6.92 Å². The quantitative estimate of drug-likeness (QED) is 0.372. The molecule has 1 N–H and O–H groups in total. The number of pyridine rings is 1. The molecule has 160 valence electrons. The van der Waals surface area contributed by atoms with Crippen LogP contribution >= 0.6 is 11.8 Å². The van der Waals surface area contributed by atoms with E-state index in [0.29, 0.717) is 12.0 Å². The smallest absolute Gasteiger partial charge is 0.103 e. The fourth-order valence-corrected chi connectivity index (χ4v) is 4.07. The maximum absolute atomic E-state index is 4.52. The Morgan fingerprint density at radius 3 is 2.30 bits per heavy atom. The van der Waals surface area contributed by atoms with Crippen molar-refractivity contribution in [2.75, 3.05) is 14.1 Å². The molecule has 0 spiro atoms. The second-order valence-corrected chi connectivity index (χ2v) is 9.12. The van der Waals surface area contributed by atoms with Crippen molar-refractivity contribution in [3.8, 4) is 0 Å². The van der Waals surface area contributed by atoms with Crippen molar-refractivity contribution in [3.63, 3.8) is 0 Å². The van der Waals surface area contributed by atoms with Gasteiger partial charge in [0.25, 0.3) is 0 Å². The normalized spacial score (nSPS) is 12.9. The first-order valence-corrected chi connectivity index (χ1v) is 11.1. The fraction of sp³-hybridized carbons (Fsp3) is 0.360. The van der Waals surface area contributed by atoms with Crippen LogP contribution in [0.4, 0.5) is 0 Å². The van der Waals surface area contributed by atoms with Gasteiger partial charge < -0.3 is 10.2 Å². The Bertz CT molecular complexity index is 880. The lowest BCUT2D eigenvalue weighted by molar-refractivity contribution is 0.551. The lowest BCUT2D eigenvalue weighted by Gasteiger charge is -2.20. The first-order valence-electron chi connectivity index (χ1n) is 10.2. The zero-order valence-electron chi connectivity index (χ0n) is 19.1. The van der Waals surface area contributed by atoms with E-state index < -0.39 is 0 Å². The molecule has 1 aromatic carbocycles. The van der Waals surface area contributed by atoms with Gasteiger partial charge in [-0.05, 0) is 57.0 Å². The zero-order valence-corrected chi connectivity index (χ0v) is 19.9. The van der Waals surface area contributed by atoms with E-state index in [1.54, 1.807) is 11.8 Å². The summed E-state index contributed by atoms with van der Waals surface area (Å²) >= 11 is 1.60. The number of hydrogen-bond acceptors (Lipinski definition) is 5. The predicted octanol–water partition coefficient (Wildman–Crippen LogP) is 6.08. The predicted molar refractivity (Wildman–Crippen MR) is 132 cm³/mol. The zero-order chi connectivity index (χ0) is 22.3. The fourth-order valence-electron chi connectivity index (χ4n) is 3.17. The largest absolute Gasteiger partial charge is 0.387 e. The standard InChI is InChI=1S/C25H34N4S/c1-17(2)28-20(5)15-19(4)21-10-12-22(13-11-21)24(26-6)25(29(7)8)30-23-14-9-18(3)16-27-23/h9-14,16-17,19,28H,5-6,15H2,1-4,7-8H3/b25-24+. The van der Waals surface area contributed by atoms with Crippen molar-refractivity contribution in [1.82, 2.24) is 15.2 Å². The third kappa shape index (κ3) is 6.77. The van der Waals surface area contributed by atoms with Crippen molar-refractivity contribution < 1.29 is 0 Å². The number of aliphatic imine (C=N–C) groups is 1. The number of aromatic nitrogens is 1. The Kier molecular flexibility index (Phi) is 8.72. The molecule has 0 amide bonds. The summed E-state index contributed by atoms with van der Waals surface area (Å²) in [6, 6.07) is 13.1. The molecule has 0 bridgehead atoms. The van der Waals surface area contributed by atoms with Gasteiger partial charge in [-0.25, -0.2) is 4.98 Å². The van der Waals surface area contributed by atoms with E-state index >= 15 is 0 Å². The average molecular weight is 423 g/mol. The molecule has 1 heterocycles. The molecule has 0 saturated heterocycles. The molecule has 30 heavy (non-hydrogen) atoms. The minimum absolute atomic E-state index is 0.390. The third-order valence-corrected chi connectivity index (χ3v) is 5.85.